The molecule has 0 saturated carbocycles. The van der Waals surface area contributed by atoms with Crippen LogP contribution in [0.4, 0.5) is 0 Å². The van der Waals surface area contributed by atoms with Gasteiger partial charge in [-0.05, 0) is 31.2 Å². The molecule has 2 heterocycles. The van der Waals surface area contributed by atoms with Crippen molar-refractivity contribution in [3.05, 3.63) is 46.2 Å². The molecule has 0 spiro atoms. The van der Waals surface area contributed by atoms with Crippen LogP contribution in [0.1, 0.15) is 21.5 Å². The van der Waals surface area contributed by atoms with E-state index in [-0.39, 0.29) is 11.9 Å². The first-order valence-electron chi connectivity index (χ1n) is 7.34. The zero-order chi connectivity index (χ0) is 16.2. The van der Waals surface area contributed by atoms with Crippen LogP contribution in [0.5, 0.6) is 0 Å². The molecular formula is C16H18N4O2S. The zero-order valence-electron chi connectivity index (χ0n) is 13.0. The molecule has 1 atom stereocenters. The van der Waals surface area contributed by atoms with Gasteiger partial charge in [-0.25, -0.2) is 4.68 Å². The quantitative estimate of drug-likeness (QED) is 0.754. The number of fused-ring (bicyclic) bond motifs is 1. The summed E-state index contributed by atoms with van der Waals surface area (Å²) in [5, 5.41) is 11.3. The lowest BCUT2D eigenvalue weighted by atomic mass is 10.3. The summed E-state index contributed by atoms with van der Waals surface area (Å²) in [5.41, 5.74) is 1.82. The van der Waals surface area contributed by atoms with Crippen LogP contribution in [0.2, 0.25) is 0 Å². The van der Waals surface area contributed by atoms with Crippen LogP contribution in [-0.2, 0) is 17.9 Å². The van der Waals surface area contributed by atoms with Crippen molar-refractivity contribution in [2.45, 2.75) is 26.1 Å². The van der Waals surface area contributed by atoms with Crippen molar-refractivity contribution in [3.63, 3.8) is 0 Å². The fourth-order valence-corrected chi connectivity index (χ4v) is 3.25. The average molecular weight is 330 g/mol. The van der Waals surface area contributed by atoms with Gasteiger partial charge in [0, 0.05) is 18.0 Å². The lowest BCUT2D eigenvalue weighted by Gasteiger charge is -2.13. The second kappa shape index (κ2) is 6.89. The molecule has 0 saturated heterocycles. The number of thiophene rings is 1. The molecule has 3 aromatic rings. The smallest absolute Gasteiger partial charge is 0.261 e. The minimum Gasteiger partial charge on any atom is -0.379 e. The summed E-state index contributed by atoms with van der Waals surface area (Å²) in [7, 11) is 1.64. The van der Waals surface area contributed by atoms with E-state index in [4.69, 9.17) is 4.74 Å². The van der Waals surface area contributed by atoms with E-state index in [1.807, 2.05) is 48.0 Å². The number of methoxy groups -OCH3 is 1. The zero-order valence-corrected chi connectivity index (χ0v) is 13.8. The van der Waals surface area contributed by atoms with Gasteiger partial charge in [-0.2, -0.15) is 0 Å². The number of benzene rings is 1. The summed E-state index contributed by atoms with van der Waals surface area (Å²) < 4.78 is 6.88. The molecule has 0 radical (unpaired) electrons. The van der Waals surface area contributed by atoms with Gasteiger partial charge in [-0.3, -0.25) is 4.79 Å². The molecule has 0 aliphatic rings. The summed E-state index contributed by atoms with van der Waals surface area (Å²) in [5.74, 6) is -0.0747. The van der Waals surface area contributed by atoms with Crippen molar-refractivity contribution < 1.29 is 9.53 Å². The Balaban J connectivity index is 1.64. The van der Waals surface area contributed by atoms with Gasteiger partial charge < -0.3 is 10.1 Å². The van der Waals surface area contributed by atoms with Gasteiger partial charge in [0.1, 0.15) is 5.52 Å². The van der Waals surface area contributed by atoms with Crippen molar-refractivity contribution in [2.75, 3.05) is 7.11 Å². The number of amides is 1. The lowest BCUT2D eigenvalue weighted by Crippen LogP contribution is -2.35. The number of carbonyl (C=O) groups is 1. The third-order valence-corrected chi connectivity index (χ3v) is 4.47. The van der Waals surface area contributed by atoms with Gasteiger partial charge in [0.2, 0.25) is 0 Å². The molecule has 7 heteroatoms. The fourth-order valence-electron chi connectivity index (χ4n) is 2.37. The molecule has 0 aliphatic carbocycles. The number of hydrogen-bond donors (Lipinski definition) is 1. The molecule has 1 amide bonds. The predicted molar refractivity (Wildman–Crippen MR) is 89.5 cm³/mol. The number of carbonyl (C=O) groups excluding carboxylic acids is 1. The molecule has 0 bridgehead atoms. The Hall–Kier alpha value is -2.25. The van der Waals surface area contributed by atoms with Gasteiger partial charge in [0.15, 0.2) is 0 Å². The molecule has 0 unspecified atom stereocenters. The largest absolute Gasteiger partial charge is 0.379 e. The van der Waals surface area contributed by atoms with E-state index in [2.05, 4.69) is 15.6 Å². The highest BCUT2D eigenvalue weighted by Crippen LogP contribution is 2.17. The van der Waals surface area contributed by atoms with Crippen molar-refractivity contribution in [2.24, 2.45) is 0 Å². The van der Waals surface area contributed by atoms with Crippen LogP contribution in [-0.4, -0.2) is 34.1 Å². The number of aromatic nitrogens is 3. The molecule has 1 N–H and O–H groups in total. The minimum absolute atomic E-state index is 0.0550. The van der Waals surface area contributed by atoms with Crippen LogP contribution in [0, 0.1) is 0 Å². The molecular weight excluding hydrogens is 312 g/mol. The minimum atomic E-state index is -0.0747. The summed E-state index contributed by atoms with van der Waals surface area (Å²) in [4.78, 5) is 14.0. The van der Waals surface area contributed by atoms with E-state index in [1.54, 1.807) is 7.11 Å². The average Bonchev–Trinajstić information content (AvgIpc) is 3.15. The maximum Gasteiger partial charge on any atom is 0.261 e. The lowest BCUT2D eigenvalue weighted by molar-refractivity contribution is 0.0940. The number of nitrogens with one attached hydrogen (secondary N) is 1. The van der Waals surface area contributed by atoms with E-state index in [0.29, 0.717) is 18.0 Å². The van der Waals surface area contributed by atoms with Crippen molar-refractivity contribution in [3.8, 4) is 0 Å². The van der Waals surface area contributed by atoms with Crippen LogP contribution in [0.3, 0.4) is 0 Å². The van der Waals surface area contributed by atoms with Gasteiger partial charge in [-0.15, -0.1) is 16.4 Å². The van der Waals surface area contributed by atoms with Crippen LogP contribution >= 0.6 is 11.3 Å². The Bertz CT molecular complexity index is 811. The van der Waals surface area contributed by atoms with E-state index in [0.717, 1.165) is 15.9 Å². The second-order valence-corrected chi connectivity index (χ2v) is 6.50. The maximum absolute atomic E-state index is 12.3. The number of para-hydroxylation sites is 1. The van der Waals surface area contributed by atoms with Gasteiger partial charge in [-0.1, -0.05) is 17.3 Å². The van der Waals surface area contributed by atoms with E-state index in [9.17, 15) is 4.79 Å². The van der Waals surface area contributed by atoms with E-state index >= 15 is 0 Å². The SMILES string of the molecule is COCc1ccc(C(=O)N[C@@H](C)Cn2nnc3ccccc32)s1. The summed E-state index contributed by atoms with van der Waals surface area (Å²) in [6, 6.07) is 11.5. The first kappa shape index (κ1) is 15.6. The highest BCUT2D eigenvalue weighted by Gasteiger charge is 2.14. The predicted octanol–water partition coefficient (Wildman–Crippen LogP) is 2.46. The van der Waals surface area contributed by atoms with Crippen molar-refractivity contribution in [1.29, 1.82) is 0 Å². The molecule has 0 fully saturated rings. The monoisotopic (exact) mass is 330 g/mol. The Morgan fingerprint density at radius 2 is 2.17 bits per heavy atom. The normalized spacial score (nSPS) is 12.4. The molecule has 1 aromatic carbocycles. The summed E-state index contributed by atoms with van der Waals surface area (Å²) >= 11 is 1.45. The molecule has 120 valence electrons. The first-order chi connectivity index (χ1) is 11.2. The maximum atomic E-state index is 12.3. The Kier molecular flexibility index (Phi) is 4.68. The van der Waals surface area contributed by atoms with Crippen molar-refractivity contribution in [1.82, 2.24) is 20.3 Å². The van der Waals surface area contributed by atoms with Crippen LogP contribution in [0.15, 0.2) is 36.4 Å². The van der Waals surface area contributed by atoms with Gasteiger partial charge in [0.25, 0.3) is 5.91 Å². The van der Waals surface area contributed by atoms with E-state index in [1.165, 1.54) is 11.3 Å². The highest BCUT2D eigenvalue weighted by atomic mass is 32.1. The Labute approximate surface area is 138 Å². The molecule has 2 aromatic heterocycles. The van der Waals surface area contributed by atoms with Gasteiger partial charge in [0.05, 0.1) is 23.5 Å². The van der Waals surface area contributed by atoms with E-state index < -0.39 is 0 Å². The van der Waals surface area contributed by atoms with Crippen LogP contribution in [0.25, 0.3) is 11.0 Å². The topological polar surface area (TPSA) is 69.0 Å². The number of ether oxygens (including phenoxy) is 1. The number of hydrogen-bond acceptors (Lipinski definition) is 5. The molecule has 6 nitrogen and oxygen atoms in total. The number of rotatable bonds is 6. The third kappa shape index (κ3) is 3.57. The summed E-state index contributed by atoms with van der Waals surface area (Å²) in [6.07, 6.45) is 0. The Morgan fingerprint density at radius 1 is 1.35 bits per heavy atom. The van der Waals surface area contributed by atoms with Crippen molar-refractivity contribution >= 4 is 28.3 Å². The third-order valence-electron chi connectivity index (χ3n) is 3.42. The summed E-state index contributed by atoms with van der Waals surface area (Å²) in [6.45, 7) is 3.05. The molecule has 0 aliphatic heterocycles. The fraction of sp³-hybridized carbons (Fsp3) is 0.312. The van der Waals surface area contributed by atoms with Gasteiger partial charge >= 0.3 is 0 Å². The standard InChI is InChI=1S/C16H18N4O2S/c1-11(9-20-14-6-4-3-5-13(14)18-19-20)17-16(21)15-8-7-12(23-15)10-22-2/h3-8,11H,9-10H2,1-2H3,(H,17,21)/t11-/m0/s1. The van der Waals surface area contributed by atoms with Crippen LogP contribution < -0.4 is 5.32 Å². The second-order valence-electron chi connectivity index (χ2n) is 5.33. The number of nitrogens with zero attached hydrogens (tertiary/aromatic N) is 3. The highest BCUT2D eigenvalue weighted by molar-refractivity contribution is 7.14. The molecule has 3 rings (SSSR count). The molecule has 23 heavy (non-hydrogen) atoms. The first-order valence-corrected chi connectivity index (χ1v) is 8.16. The Morgan fingerprint density at radius 3 is 3.00 bits per heavy atom.